The number of aryl methyl sites for hydroxylation is 1. The molecule has 0 aliphatic carbocycles. The van der Waals surface area contributed by atoms with E-state index in [2.05, 4.69) is 26.1 Å². The minimum absolute atomic E-state index is 0.103. The SMILES string of the molecule is COCCCNC(=O)CN1C(=O)CS[C@H](c2ccc3c(c2)OCO3)c2c(C(C)(C)C)nn(-c3ccccc3C)c21. The van der Waals surface area contributed by atoms with Crippen LogP contribution in [-0.4, -0.2) is 60.9 Å². The number of hydrogen-bond acceptors (Lipinski definition) is 7. The van der Waals surface area contributed by atoms with Gasteiger partial charge < -0.3 is 19.5 Å². The molecule has 0 radical (unpaired) electrons. The van der Waals surface area contributed by atoms with E-state index in [0.29, 0.717) is 36.9 Å². The molecule has 2 aliphatic rings. The minimum Gasteiger partial charge on any atom is -0.454 e. The molecule has 3 heterocycles. The van der Waals surface area contributed by atoms with Crippen LogP contribution in [-0.2, 0) is 19.7 Å². The third-order valence-corrected chi connectivity index (χ3v) is 8.25. The lowest BCUT2D eigenvalue weighted by molar-refractivity contribution is -0.122. The second-order valence-corrected chi connectivity index (χ2v) is 12.1. The van der Waals surface area contributed by atoms with Crippen LogP contribution >= 0.6 is 11.8 Å². The van der Waals surface area contributed by atoms with Crippen LogP contribution in [0.5, 0.6) is 11.5 Å². The lowest BCUT2D eigenvalue weighted by Crippen LogP contribution is -2.42. The summed E-state index contributed by atoms with van der Waals surface area (Å²) in [5.74, 6) is 1.86. The second kappa shape index (κ2) is 11.5. The van der Waals surface area contributed by atoms with E-state index in [4.69, 9.17) is 19.3 Å². The lowest BCUT2D eigenvalue weighted by atomic mass is 9.87. The van der Waals surface area contributed by atoms with Crippen LogP contribution in [0.2, 0.25) is 0 Å². The molecule has 1 N–H and O–H groups in total. The van der Waals surface area contributed by atoms with Gasteiger partial charge in [-0.25, -0.2) is 4.68 Å². The van der Waals surface area contributed by atoms with Gasteiger partial charge in [0.2, 0.25) is 18.6 Å². The molecule has 212 valence electrons. The Balaban J connectivity index is 1.68. The number of para-hydroxylation sites is 1. The van der Waals surface area contributed by atoms with Crippen molar-refractivity contribution in [1.82, 2.24) is 15.1 Å². The Morgan fingerprint density at radius 2 is 1.95 bits per heavy atom. The third-order valence-electron chi connectivity index (χ3n) is 6.99. The number of benzene rings is 2. The largest absolute Gasteiger partial charge is 0.454 e. The number of carbonyl (C=O) groups is 2. The number of thioether (sulfide) groups is 1. The summed E-state index contributed by atoms with van der Waals surface area (Å²) < 4.78 is 18.2. The van der Waals surface area contributed by atoms with Gasteiger partial charge in [0, 0.05) is 31.2 Å². The van der Waals surface area contributed by atoms with Gasteiger partial charge in [0.25, 0.3) is 0 Å². The van der Waals surface area contributed by atoms with Crippen LogP contribution in [0.3, 0.4) is 0 Å². The van der Waals surface area contributed by atoms with Gasteiger partial charge in [-0.2, -0.15) is 5.10 Å². The first-order valence-electron chi connectivity index (χ1n) is 13.5. The number of rotatable bonds is 8. The van der Waals surface area contributed by atoms with Gasteiger partial charge in [-0.1, -0.05) is 45.0 Å². The van der Waals surface area contributed by atoms with E-state index >= 15 is 0 Å². The van der Waals surface area contributed by atoms with Crippen LogP contribution in [0.4, 0.5) is 5.82 Å². The van der Waals surface area contributed by atoms with E-state index in [1.165, 1.54) is 0 Å². The standard InChI is InChI=1S/C30H36N4O5S/c1-19-9-6-7-10-21(19)34-29-26(28(32-34)30(2,3)4)27(20-11-12-22-23(15-20)39-18-38-22)40-17-25(36)33(29)16-24(35)31-13-8-14-37-5/h6-7,9-12,15,27H,8,13-14,16-18H2,1-5H3,(H,31,35)/t27-/m1/s1. The van der Waals surface area contributed by atoms with Gasteiger partial charge in [0.05, 0.1) is 22.4 Å². The topological polar surface area (TPSA) is 94.9 Å². The van der Waals surface area contributed by atoms with Gasteiger partial charge in [0.1, 0.15) is 12.4 Å². The normalized spacial score (nSPS) is 16.6. The molecule has 0 fully saturated rings. The summed E-state index contributed by atoms with van der Waals surface area (Å²) in [4.78, 5) is 28.5. The van der Waals surface area contributed by atoms with E-state index in [1.807, 2.05) is 54.1 Å². The van der Waals surface area contributed by atoms with Crippen LogP contribution in [0.25, 0.3) is 5.69 Å². The maximum Gasteiger partial charge on any atom is 0.240 e. The predicted octanol–water partition coefficient (Wildman–Crippen LogP) is 4.53. The minimum atomic E-state index is -0.339. The third kappa shape index (κ3) is 5.55. The van der Waals surface area contributed by atoms with E-state index in [0.717, 1.165) is 28.1 Å². The van der Waals surface area contributed by atoms with Crippen molar-refractivity contribution in [2.45, 2.75) is 44.8 Å². The van der Waals surface area contributed by atoms with Crippen molar-refractivity contribution in [2.24, 2.45) is 0 Å². The van der Waals surface area contributed by atoms with E-state index in [9.17, 15) is 9.59 Å². The smallest absolute Gasteiger partial charge is 0.240 e. The average molecular weight is 565 g/mol. The fourth-order valence-electron chi connectivity index (χ4n) is 5.03. The highest BCUT2D eigenvalue weighted by atomic mass is 32.2. The van der Waals surface area contributed by atoms with Crippen LogP contribution in [0.15, 0.2) is 42.5 Å². The van der Waals surface area contributed by atoms with Gasteiger partial charge in [-0.05, 0) is 42.7 Å². The molecule has 2 aromatic carbocycles. The summed E-state index contributed by atoms with van der Waals surface area (Å²) in [5.41, 5.74) is 4.34. The van der Waals surface area contributed by atoms with Crippen molar-refractivity contribution in [3.63, 3.8) is 0 Å². The molecule has 1 aromatic heterocycles. The molecule has 2 amide bonds. The van der Waals surface area contributed by atoms with Gasteiger partial charge >= 0.3 is 0 Å². The first-order chi connectivity index (χ1) is 19.2. The summed E-state index contributed by atoms with van der Waals surface area (Å²) in [7, 11) is 1.63. The molecule has 1 atom stereocenters. The van der Waals surface area contributed by atoms with Crippen molar-refractivity contribution < 1.29 is 23.8 Å². The molecule has 3 aromatic rings. The molecular formula is C30H36N4O5S. The summed E-state index contributed by atoms with van der Waals surface area (Å²) in [6.45, 7) is 9.50. The van der Waals surface area contributed by atoms with Crippen LogP contribution < -0.4 is 19.7 Å². The van der Waals surface area contributed by atoms with Crippen molar-refractivity contribution in [3.8, 4) is 17.2 Å². The highest BCUT2D eigenvalue weighted by Crippen LogP contribution is 2.50. The van der Waals surface area contributed by atoms with E-state index < -0.39 is 0 Å². The Bertz CT molecular complexity index is 1410. The molecule has 9 nitrogen and oxygen atoms in total. The van der Waals surface area contributed by atoms with Crippen LogP contribution in [0.1, 0.15) is 54.8 Å². The first-order valence-corrected chi connectivity index (χ1v) is 14.5. The molecule has 40 heavy (non-hydrogen) atoms. The zero-order valence-corrected chi connectivity index (χ0v) is 24.5. The highest BCUT2D eigenvalue weighted by Gasteiger charge is 2.40. The maximum atomic E-state index is 13.8. The average Bonchev–Trinajstić information content (AvgIpc) is 3.52. The number of carbonyl (C=O) groups excluding carboxylic acids is 2. The van der Waals surface area contributed by atoms with Crippen molar-refractivity contribution in [3.05, 3.63) is 64.8 Å². The van der Waals surface area contributed by atoms with E-state index in [-0.39, 0.29) is 41.6 Å². The number of fused-ring (bicyclic) bond motifs is 2. The second-order valence-electron chi connectivity index (χ2n) is 11.0. The quantitative estimate of drug-likeness (QED) is 0.402. The Morgan fingerprint density at radius 1 is 1.18 bits per heavy atom. The number of anilines is 1. The summed E-state index contributed by atoms with van der Waals surface area (Å²) in [6.07, 6.45) is 0.693. The Hall–Kier alpha value is -3.50. The molecule has 0 saturated carbocycles. The number of amides is 2. The lowest BCUT2D eigenvalue weighted by Gasteiger charge is -2.25. The van der Waals surface area contributed by atoms with Crippen molar-refractivity contribution in [2.75, 3.05) is 44.3 Å². The number of hydrogen-bond donors (Lipinski definition) is 1. The molecule has 0 unspecified atom stereocenters. The number of aromatic nitrogens is 2. The maximum absolute atomic E-state index is 13.8. The number of methoxy groups -OCH3 is 1. The monoisotopic (exact) mass is 564 g/mol. The van der Waals surface area contributed by atoms with Crippen LogP contribution in [0, 0.1) is 6.92 Å². The fourth-order valence-corrected chi connectivity index (χ4v) is 6.21. The number of ether oxygens (including phenoxy) is 3. The Morgan fingerprint density at radius 3 is 2.70 bits per heavy atom. The summed E-state index contributed by atoms with van der Waals surface area (Å²) in [5, 5.41) is 7.89. The number of nitrogens with one attached hydrogen (secondary N) is 1. The van der Waals surface area contributed by atoms with Crippen molar-refractivity contribution >= 4 is 29.4 Å². The Labute approximate surface area is 239 Å². The molecule has 0 bridgehead atoms. The molecule has 0 saturated heterocycles. The summed E-state index contributed by atoms with van der Waals surface area (Å²) in [6, 6.07) is 13.9. The highest BCUT2D eigenvalue weighted by molar-refractivity contribution is 8.00. The zero-order chi connectivity index (χ0) is 28.4. The van der Waals surface area contributed by atoms with Crippen molar-refractivity contribution in [1.29, 1.82) is 0 Å². The van der Waals surface area contributed by atoms with E-state index in [1.54, 1.807) is 23.8 Å². The molecular weight excluding hydrogens is 528 g/mol. The van der Waals surface area contributed by atoms with Gasteiger partial charge in [0.15, 0.2) is 11.5 Å². The van der Waals surface area contributed by atoms with Gasteiger partial charge in [-0.3, -0.25) is 14.5 Å². The Kier molecular flexibility index (Phi) is 8.09. The predicted molar refractivity (Wildman–Crippen MR) is 156 cm³/mol. The zero-order valence-electron chi connectivity index (χ0n) is 23.7. The molecule has 2 aliphatic heterocycles. The molecule has 5 rings (SSSR count). The molecule has 10 heteroatoms. The van der Waals surface area contributed by atoms with Gasteiger partial charge in [-0.15, -0.1) is 11.8 Å². The molecule has 0 spiro atoms. The number of nitrogens with zero attached hydrogens (tertiary/aromatic N) is 3. The summed E-state index contributed by atoms with van der Waals surface area (Å²) >= 11 is 1.54. The first kappa shape index (κ1) is 28.0. The fraction of sp³-hybridized carbons (Fsp3) is 0.433.